The Morgan fingerprint density at radius 1 is 1.26 bits per heavy atom. The Balaban J connectivity index is 2.50. The van der Waals surface area contributed by atoms with Crippen LogP contribution in [0.25, 0.3) is 0 Å². The molecule has 0 fully saturated rings. The molecular weight excluding hydrogens is 267 g/mol. The van der Waals surface area contributed by atoms with Crippen molar-refractivity contribution in [2.75, 3.05) is 7.11 Å². The lowest BCUT2D eigenvalue weighted by Crippen LogP contribution is -2.29. The van der Waals surface area contributed by atoms with Crippen LogP contribution in [0, 0.1) is 5.82 Å². The topological polar surface area (TPSA) is 47.3 Å². The molecule has 0 spiro atoms. The monoisotopic (exact) mass is 280 g/mol. The molecule has 1 unspecified atom stereocenters. The van der Waals surface area contributed by atoms with E-state index < -0.39 is 6.04 Å². The third-order valence-electron chi connectivity index (χ3n) is 2.85. The number of nitrogens with two attached hydrogens (primary N) is 1. The number of hydrazine groups is 1. The highest BCUT2D eigenvalue weighted by Gasteiger charge is 2.18. The van der Waals surface area contributed by atoms with Gasteiger partial charge >= 0.3 is 0 Å². The average molecular weight is 281 g/mol. The van der Waals surface area contributed by atoms with Crippen LogP contribution < -0.4 is 16.0 Å². The van der Waals surface area contributed by atoms with Crippen LogP contribution in [0.15, 0.2) is 42.5 Å². The van der Waals surface area contributed by atoms with Crippen LogP contribution in [0.2, 0.25) is 5.02 Å². The Morgan fingerprint density at radius 2 is 2.05 bits per heavy atom. The predicted molar refractivity (Wildman–Crippen MR) is 73.6 cm³/mol. The number of halogens is 2. The molecule has 0 heterocycles. The Bertz CT molecular complexity index is 577. The van der Waals surface area contributed by atoms with E-state index in [-0.39, 0.29) is 5.82 Å². The number of rotatable bonds is 4. The molecule has 3 N–H and O–H groups in total. The normalized spacial score (nSPS) is 12.2. The van der Waals surface area contributed by atoms with Gasteiger partial charge < -0.3 is 4.74 Å². The highest BCUT2D eigenvalue weighted by atomic mass is 35.5. The number of hydrogen-bond acceptors (Lipinski definition) is 3. The fourth-order valence-electron chi connectivity index (χ4n) is 1.98. The molecule has 0 saturated heterocycles. The van der Waals surface area contributed by atoms with Crippen LogP contribution in [0.4, 0.5) is 4.39 Å². The molecule has 3 nitrogen and oxygen atoms in total. The molecule has 2 aromatic carbocycles. The quantitative estimate of drug-likeness (QED) is 0.668. The van der Waals surface area contributed by atoms with Gasteiger partial charge in [0.1, 0.15) is 11.6 Å². The van der Waals surface area contributed by atoms with E-state index in [2.05, 4.69) is 5.43 Å². The summed E-state index contributed by atoms with van der Waals surface area (Å²) in [5.41, 5.74) is 4.11. The summed E-state index contributed by atoms with van der Waals surface area (Å²) in [7, 11) is 1.53. The minimum absolute atomic E-state index is 0.349. The smallest absolute Gasteiger partial charge is 0.124 e. The van der Waals surface area contributed by atoms with Crippen molar-refractivity contribution in [3.63, 3.8) is 0 Å². The minimum Gasteiger partial charge on any atom is -0.496 e. The zero-order chi connectivity index (χ0) is 13.8. The average Bonchev–Trinajstić information content (AvgIpc) is 2.40. The molecule has 0 amide bonds. The maximum absolute atomic E-state index is 13.4. The Kier molecular flexibility index (Phi) is 4.37. The zero-order valence-electron chi connectivity index (χ0n) is 10.4. The molecule has 2 aromatic rings. The van der Waals surface area contributed by atoms with E-state index in [4.69, 9.17) is 22.2 Å². The zero-order valence-corrected chi connectivity index (χ0v) is 11.1. The summed E-state index contributed by atoms with van der Waals surface area (Å²) in [5, 5.41) is 0.591. The van der Waals surface area contributed by atoms with E-state index in [1.807, 2.05) is 12.1 Å². The van der Waals surface area contributed by atoms with E-state index in [1.54, 1.807) is 18.2 Å². The second-order valence-corrected chi connectivity index (χ2v) is 4.48. The van der Waals surface area contributed by atoms with Crippen molar-refractivity contribution in [1.29, 1.82) is 0 Å². The summed E-state index contributed by atoms with van der Waals surface area (Å²) in [6.07, 6.45) is 0. The molecule has 100 valence electrons. The first-order chi connectivity index (χ1) is 9.15. The first-order valence-corrected chi connectivity index (χ1v) is 6.08. The lowest BCUT2D eigenvalue weighted by Gasteiger charge is -2.19. The molecule has 0 saturated carbocycles. The van der Waals surface area contributed by atoms with Crippen LogP contribution in [0.3, 0.4) is 0 Å². The largest absolute Gasteiger partial charge is 0.496 e. The Morgan fingerprint density at radius 3 is 2.68 bits per heavy atom. The molecular formula is C14H14ClFN2O. The van der Waals surface area contributed by atoms with Crippen molar-refractivity contribution in [2.45, 2.75) is 6.04 Å². The maximum atomic E-state index is 13.4. The van der Waals surface area contributed by atoms with Gasteiger partial charge in [-0.25, -0.2) is 9.82 Å². The van der Waals surface area contributed by atoms with Gasteiger partial charge in [0.2, 0.25) is 0 Å². The van der Waals surface area contributed by atoms with E-state index in [1.165, 1.54) is 19.2 Å². The van der Waals surface area contributed by atoms with Crippen molar-refractivity contribution >= 4 is 11.6 Å². The maximum Gasteiger partial charge on any atom is 0.124 e. The molecule has 0 aliphatic rings. The number of ether oxygens (including phenoxy) is 1. The fraction of sp³-hybridized carbons (Fsp3) is 0.143. The van der Waals surface area contributed by atoms with Gasteiger partial charge in [0.25, 0.3) is 0 Å². The summed E-state index contributed by atoms with van der Waals surface area (Å²) < 4.78 is 18.7. The standard InChI is InChI=1S/C14H14ClFN2O/c1-19-13-6-5-11(16)8-12(13)14(18-17)9-3-2-4-10(15)7-9/h2-8,14,18H,17H2,1H3. The van der Waals surface area contributed by atoms with E-state index >= 15 is 0 Å². The summed E-state index contributed by atoms with van der Waals surface area (Å²) >= 11 is 5.96. The molecule has 0 aliphatic heterocycles. The molecule has 5 heteroatoms. The molecule has 0 aromatic heterocycles. The van der Waals surface area contributed by atoms with E-state index in [0.717, 1.165) is 5.56 Å². The van der Waals surface area contributed by atoms with E-state index in [0.29, 0.717) is 16.3 Å². The fourth-order valence-corrected chi connectivity index (χ4v) is 2.18. The van der Waals surface area contributed by atoms with Crippen molar-refractivity contribution in [1.82, 2.24) is 5.43 Å². The van der Waals surface area contributed by atoms with Crippen molar-refractivity contribution in [2.24, 2.45) is 5.84 Å². The van der Waals surface area contributed by atoms with E-state index in [9.17, 15) is 4.39 Å². The highest BCUT2D eigenvalue weighted by Crippen LogP contribution is 2.31. The number of benzene rings is 2. The van der Waals surface area contributed by atoms with Crippen LogP contribution in [0.5, 0.6) is 5.75 Å². The number of methoxy groups -OCH3 is 1. The second-order valence-electron chi connectivity index (χ2n) is 4.04. The lowest BCUT2D eigenvalue weighted by molar-refractivity contribution is 0.402. The molecule has 0 radical (unpaired) electrons. The second kappa shape index (κ2) is 6.02. The van der Waals surface area contributed by atoms with Gasteiger partial charge in [-0.05, 0) is 35.9 Å². The van der Waals surface area contributed by atoms with Crippen LogP contribution in [-0.4, -0.2) is 7.11 Å². The summed E-state index contributed by atoms with van der Waals surface area (Å²) in [6, 6.07) is 11.1. The van der Waals surface area contributed by atoms with Crippen LogP contribution in [0.1, 0.15) is 17.2 Å². The van der Waals surface area contributed by atoms with Gasteiger partial charge in [-0.3, -0.25) is 5.84 Å². The van der Waals surface area contributed by atoms with Gasteiger partial charge in [0.05, 0.1) is 13.2 Å². The van der Waals surface area contributed by atoms with Gasteiger partial charge in [-0.1, -0.05) is 23.7 Å². The van der Waals surface area contributed by atoms with Gasteiger partial charge in [0, 0.05) is 10.6 Å². The van der Waals surface area contributed by atoms with Gasteiger partial charge in [-0.2, -0.15) is 0 Å². The Hall–Kier alpha value is -1.62. The molecule has 1 atom stereocenters. The highest BCUT2D eigenvalue weighted by molar-refractivity contribution is 6.30. The lowest BCUT2D eigenvalue weighted by atomic mass is 9.98. The first kappa shape index (κ1) is 13.8. The van der Waals surface area contributed by atoms with Gasteiger partial charge in [-0.15, -0.1) is 0 Å². The van der Waals surface area contributed by atoms with Crippen molar-refractivity contribution in [3.8, 4) is 5.75 Å². The predicted octanol–water partition coefficient (Wildman–Crippen LogP) is 3.04. The third-order valence-corrected chi connectivity index (χ3v) is 3.09. The van der Waals surface area contributed by atoms with Crippen LogP contribution >= 0.6 is 11.6 Å². The van der Waals surface area contributed by atoms with Crippen LogP contribution in [-0.2, 0) is 0 Å². The molecule has 0 aliphatic carbocycles. The number of hydrogen-bond donors (Lipinski definition) is 2. The van der Waals surface area contributed by atoms with Crippen molar-refractivity contribution < 1.29 is 9.13 Å². The number of nitrogens with one attached hydrogen (secondary N) is 1. The Labute approximate surface area is 116 Å². The van der Waals surface area contributed by atoms with Crippen molar-refractivity contribution in [3.05, 3.63) is 64.4 Å². The minimum atomic E-state index is -0.399. The molecule has 2 rings (SSSR count). The first-order valence-electron chi connectivity index (χ1n) is 5.70. The molecule has 19 heavy (non-hydrogen) atoms. The van der Waals surface area contributed by atoms with Gasteiger partial charge in [0.15, 0.2) is 0 Å². The SMILES string of the molecule is COc1ccc(F)cc1C(NN)c1cccc(Cl)c1. The summed E-state index contributed by atoms with van der Waals surface area (Å²) in [6.45, 7) is 0. The summed E-state index contributed by atoms with van der Waals surface area (Å²) in [4.78, 5) is 0. The third kappa shape index (κ3) is 3.04. The summed E-state index contributed by atoms with van der Waals surface area (Å²) in [5.74, 6) is 5.80. The molecule has 0 bridgehead atoms.